The van der Waals surface area contributed by atoms with Crippen LogP contribution in [0.2, 0.25) is 18.1 Å². The summed E-state index contributed by atoms with van der Waals surface area (Å²) in [6, 6.07) is 0. The molecule has 0 heterocycles. The summed E-state index contributed by atoms with van der Waals surface area (Å²) < 4.78 is 6.21. The maximum Gasteiger partial charge on any atom is 0.192 e. The highest BCUT2D eigenvalue weighted by Crippen LogP contribution is 2.37. The molecule has 0 saturated heterocycles. The predicted octanol–water partition coefficient (Wildman–Crippen LogP) is 3.98. The highest BCUT2D eigenvalue weighted by Gasteiger charge is 2.38. The Bertz CT molecular complexity index is 253. The zero-order chi connectivity index (χ0) is 12.1. The van der Waals surface area contributed by atoms with Crippen molar-refractivity contribution >= 4 is 8.32 Å². The van der Waals surface area contributed by atoms with Crippen LogP contribution in [-0.4, -0.2) is 14.4 Å². The van der Waals surface area contributed by atoms with Crippen molar-refractivity contribution < 1.29 is 4.43 Å². The third-order valence-electron chi connectivity index (χ3n) is 3.06. The fourth-order valence-corrected chi connectivity index (χ4v) is 2.33. The molecule has 0 aliphatic heterocycles. The van der Waals surface area contributed by atoms with Crippen LogP contribution in [0.4, 0.5) is 0 Å². The quantitative estimate of drug-likeness (QED) is 0.518. The minimum atomic E-state index is -1.66. The van der Waals surface area contributed by atoms with Crippen LogP contribution >= 0.6 is 0 Å². The van der Waals surface area contributed by atoms with Gasteiger partial charge in [0.25, 0.3) is 0 Å². The lowest BCUT2D eigenvalue weighted by molar-refractivity contribution is 0.221. The van der Waals surface area contributed by atoms with Crippen molar-refractivity contribution in [3.63, 3.8) is 0 Å². The molecule has 0 bridgehead atoms. The number of allylic oxidation sites excluding steroid dienone is 1. The Hall–Kier alpha value is -0.523. The van der Waals surface area contributed by atoms with E-state index in [1.54, 1.807) is 6.08 Å². The fourth-order valence-electron chi connectivity index (χ4n) is 0.977. The zero-order valence-corrected chi connectivity index (χ0v) is 11.9. The second-order valence-corrected chi connectivity index (χ2v) is 10.1. The molecule has 86 valence electrons. The van der Waals surface area contributed by atoms with Crippen molar-refractivity contribution in [2.45, 2.75) is 58.4 Å². The molecule has 1 nitrogen and oxygen atoms in total. The van der Waals surface area contributed by atoms with Crippen LogP contribution in [0.15, 0.2) is 12.2 Å². The minimum Gasteiger partial charge on any atom is -0.411 e. The molecular weight excluding hydrogens is 200 g/mol. The SMILES string of the molecule is C#C/C=C/[C@@H](CC)O[Si](C)(C)C(C)(C)C. The second-order valence-electron chi connectivity index (χ2n) is 5.35. The molecule has 0 aromatic carbocycles. The summed E-state index contributed by atoms with van der Waals surface area (Å²) in [6.45, 7) is 13.4. The molecule has 0 aliphatic rings. The first-order chi connectivity index (χ1) is 6.74. The Balaban J connectivity index is 4.56. The third kappa shape index (κ3) is 4.68. The fraction of sp³-hybridized carbons (Fsp3) is 0.692. The summed E-state index contributed by atoms with van der Waals surface area (Å²) in [5, 5.41) is 0.254. The molecule has 0 amide bonds. The number of hydrogen-bond donors (Lipinski definition) is 0. The van der Waals surface area contributed by atoms with E-state index in [0.29, 0.717) is 0 Å². The monoisotopic (exact) mass is 224 g/mol. The van der Waals surface area contributed by atoms with Gasteiger partial charge in [0, 0.05) is 0 Å². The summed E-state index contributed by atoms with van der Waals surface area (Å²) in [6.07, 6.45) is 10.1. The average Bonchev–Trinajstić information content (AvgIpc) is 2.10. The van der Waals surface area contributed by atoms with Gasteiger partial charge in [-0.15, -0.1) is 6.42 Å². The number of rotatable bonds is 4. The van der Waals surface area contributed by atoms with Crippen molar-refractivity contribution in [2.75, 3.05) is 0 Å². The maximum absolute atomic E-state index is 6.21. The summed E-state index contributed by atoms with van der Waals surface area (Å²) in [5.74, 6) is 2.51. The van der Waals surface area contributed by atoms with E-state index in [4.69, 9.17) is 10.8 Å². The molecule has 0 aliphatic carbocycles. The highest BCUT2D eigenvalue weighted by atomic mass is 28.4. The van der Waals surface area contributed by atoms with Crippen molar-refractivity contribution in [3.05, 3.63) is 12.2 Å². The van der Waals surface area contributed by atoms with Gasteiger partial charge in [0.2, 0.25) is 0 Å². The van der Waals surface area contributed by atoms with Gasteiger partial charge in [0.05, 0.1) is 6.10 Å². The Morgan fingerprint density at radius 1 is 1.40 bits per heavy atom. The molecule has 2 heteroatoms. The van der Waals surface area contributed by atoms with Crippen molar-refractivity contribution in [3.8, 4) is 12.3 Å². The standard InChI is InChI=1S/C13H24OSi/c1-8-10-11-12(9-2)14-15(6,7)13(3,4)5/h1,10-12H,9H2,2-7H3/b11-10+/t12-/m1/s1. The molecular formula is C13H24OSi. The molecule has 0 spiro atoms. The Kier molecular flexibility index (Phi) is 5.34. The van der Waals surface area contributed by atoms with Crippen LogP contribution in [-0.2, 0) is 4.43 Å². The molecule has 0 aromatic heterocycles. The van der Waals surface area contributed by atoms with E-state index in [1.165, 1.54) is 0 Å². The summed E-state index contributed by atoms with van der Waals surface area (Å²) >= 11 is 0. The smallest absolute Gasteiger partial charge is 0.192 e. The van der Waals surface area contributed by atoms with E-state index in [-0.39, 0.29) is 11.1 Å². The third-order valence-corrected chi connectivity index (χ3v) is 7.57. The van der Waals surface area contributed by atoms with Gasteiger partial charge >= 0.3 is 0 Å². The molecule has 0 unspecified atom stereocenters. The normalized spacial score (nSPS) is 15.3. The lowest BCUT2D eigenvalue weighted by Crippen LogP contribution is -2.43. The Labute approximate surface area is 96.0 Å². The molecule has 0 radical (unpaired) electrons. The van der Waals surface area contributed by atoms with Gasteiger partial charge in [-0.3, -0.25) is 0 Å². The van der Waals surface area contributed by atoms with Gasteiger partial charge < -0.3 is 4.43 Å². The van der Waals surface area contributed by atoms with Gasteiger partial charge in [-0.2, -0.15) is 0 Å². The highest BCUT2D eigenvalue weighted by molar-refractivity contribution is 6.74. The van der Waals surface area contributed by atoms with E-state index in [1.807, 2.05) is 6.08 Å². The Morgan fingerprint density at radius 2 is 1.93 bits per heavy atom. The van der Waals surface area contributed by atoms with Gasteiger partial charge in [-0.05, 0) is 36.7 Å². The molecule has 15 heavy (non-hydrogen) atoms. The first-order valence-corrected chi connectivity index (χ1v) is 8.46. The van der Waals surface area contributed by atoms with Crippen LogP contribution in [0.25, 0.3) is 0 Å². The van der Waals surface area contributed by atoms with Gasteiger partial charge in [-0.25, -0.2) is 0 Å². The van der Waals surface area contributed by atoms with Gasteiger partial charge in [0.15, 0.2) is 8.32 Å². The number of terminal acetylenes is 1. The van der Waals surface area contributed by atoms with Crippen LogP contribution in [0.5, 0.6) is 0 Å². The topological polar surface area (TPSA) is 9.23 Å². The summed E-state index contributed by atoms with van der Waals surface area (Å²) in [4.78, 5) is 0. The van der Waals surface area contributed by atoms with Crippen molar-refractivity contribution in [1.82, 2.24) is 0 Å². The van der Waals surface area contributed by atoms with E-state index in [2.05, 4.69) is 46.7 Å². The van der Waals surface area contributed by atoms with Gasteiger partial charge in [-0.1, -0.05) is 33.6 Å². The van der Waals surface area contributed by atoms with Crippen LogP contribution in [0.1, 0.15) is 34.1 Å². The van der Waals surface area contributed by atoms with E-state index in [9.17, 15) is 0 Å². The average molecular weight is 224 g/mol. The molecule has 1 atom stereocenters. The lowest BCUT2D eigenvalue weighted by Gasteiger charge is -2.38. The Morgan fingerprint density at radius 3 is 2.27 bits per heavy atom. The molecule has 0 fully saturated rings. The molecule has 0 rings (SSSR count). The van der Waals surface area contributed by atoms with E-state index in [0.717, 1.165) is 6.42 Å². The van der Waals surface area contributed by atoms with Crippen LogP contribution < -0.4 is 0 Å². The lowest BCUT2D eigenvalue weighted by atomic mass is 10.2. The summed E-state index contributed by atoms with van der Waals surface area (Å²) in [7, 11) is -1.66. The van der Waals surface area contributed by atoms with Crippen LogP contribution in [0.3, 0.4) is 0 Å². The van der Waals surface area contributed by atoms with E-state index < -0.39 is 8.32 Å². The maximum atomic E-state index is 6.21. The van der Waals surface area contributed by atoms with Crippen molar-refractivity contribution in [1.29, 1.82) is 0 Å². The van der Waals surface area contributed by atoms with Crippen molar-refractivity contribution in [2.24, 2.45) is 0 Å². The first-order valence-electron chi connectivity index (χ1n) is 5.55. The zero-order valence-electron chi connectivity index (χ0n) is 10.9. The summed E-state index contributed by atoms with van der Waals surface area (Å²) in [5.41, 5.74) is 0. The van der Waals surface area contributed by atoms with Gasteiger partial charge in [0.1, 0.15) is 0 Å². The number of hydrogen-bond acceptors (Lipinski definition) is 1. The predicted molar refractivity (Wildman–Crippen MR) is 70.3 cm³/mol. The minimum absolute atomic E-state index is 0.168. The second kappa shape index (κ2) is 5.53. The van der Waals surface area contributed by atoms with Crippen LogP contribution in [0, 0.1) is 12.3 Å². The first kappa shape index (κ1) is 14.5. The molecule has 0 saturated carbocycles. The molecule has 0 aromatic rings. The van der Waals surface area contributed by atoms with E-state index >= 15 is 0 Å². The molecule has 0 N–H and O–H groups in total. The largest absolute Gasteiger partial charge is 0.411 e.